The van der Waals surface area contributed by atoms with Gasteiger partial charge >= 0.3 is 0 Å². The van der Waals surface area contributed by atoms with Gasteiger partial charge in [-0.1, -0.05) is 23.2 Å². The zero-order valence-electron chi connectivity index (χ0n) is 14.9. The summed E-state index contributed by atoms with van der Waals surface area (Å²) < 4.78 is 10.0. The van der Waals surface area contributed by atoms with Crippen molar-refractivity contribution < 1.29 is 14.3 Å². The molecule has 8 heteroatoms. The summed E-state index contributed by atoms with van der Waals surface area (Å²) in [6.45, 7) is 0.708. The largest absolute Gasteiger partial charge is 0.493 e. The molecule has 2 fully saturated rings. The minimum absolute atomic E-state index is 0.252. The maximum absolute atomic E-state index is 11.3. The second-order valence-corrected chi connectivity index (χ2v) is 6.56. The Kier molecular flexibility index (Phi) is 7.12. The molecule has 3 atom stereocenters. The molecule has 7 radical (unpaired) electrons. The summed E-state index contributed by atoms with van der Waals surface area (Å²) in [5.74, 6) is 3.31. The third-order valence-corrected chi connectivity index (χ3v) is 4.62. The molecule has 1 aromatic carbocycles. The van der Waals surface area contributed by atoms with E-state index in [-0.39, 0.29) is 5.82 Å². The first-order valence-corrected chi connectivity index (χ1v) is 8.52. The summed E-state index contributed by atoms with van der Waals surface area (Å²) >= 11 is 0. The van der Waals surface area contributed by atoms with Crippen LogP contribution in [0.2, 0.25) is 11.6 Å². The topological polar surface area (TPSA) is 47.6 Å². The molecule has 1 aromatic rings. The summed E-state index contributed by atoms with van der Waals surface area (Å²) in [6.07, 6.45) is 2.70. The number of nitrogens with one attached hydrogen (secondary N) is 1. The predicted molar refractivity (Wildman–Crippen MR) is 103 cm³/mol. The number of Topliss-reactive ketones (excluding diaryl/α,β-unsaturated/α-hetero) is 1. The monoisotopic (exact) mass is 332 g/mol. The second-order valence-electron chi connectivity index (χ2n) is 6.56. The minimum atomic E-state index is -1.28. The van der Waals surface area contributed by atoms with Crippen molar-refractivity contribution in [3.63, 3.8) is 0 Å². The van der Waals surface area contributed by atoms with Crippen LogP contribution in [-0.4, -0.2) is 62.6 Å². The van der Waals surface area contributed by atoms with Crippen molar-refractivity contribution in [1.82, 2.24) is 5.32 Å². The zero-order valence-corrected chi connectivity index (χ0v) is 14.9. The highest BCUT2D eigenvalue weighted by atomic mass is 16.5. The number of carbonyl (C=O) groups is 1. The van der Waals surface area contributed by atoms with Gasteiger partial charge in [-0.3, -0.25) is 0 Å². The van der Waals surface area contributed by atoms with Gasteiger partial charge in [0.2, 0.25) is 0 Å². The van der Waals surface area contributed by atoms with Crippen LogP contribution in [0.15, 0.2) is 24.3 Å². The lowest BCUT2D eigenvalue weighted by Gasteiger charge is -2.26. The Labute approximate surface area is 155 Å². The Hall–Kier alpha value is -1.29. The van der Waals surface area contributed by atoms with Crippen LogP contribution in [0.3, 0.4) is 0 Å². The van der Waals surface area contributed by atoms with E-state index in [0.29, 0.717) is 24.1 Å². The number of fused-ring (bicyclic) bond motifs is 1. The Morgan fingerprint density at radius 1 is 1.20 bits per heavy atom. The van der Waals surface area contributed by atoms with Crippen LogP contribution in [0.1, 0.15) is 19.3 Å². The lowest BCUT2D eigenvalue weighted by atomic mass is 9.49. The molecule has 3 rings (SSSR count). The van der Waals surface area contributed by atoms with Gasteiger partial charge in [0.05, 0.1) is 37.8 Å². The fourth-order valence-corrected chi connectivity index (χ4v) is 3.23. The number of methoxy groups -OCH3 is 2. The average Bonchev–Trinajstić information content (AvgIpc) is 3.38. The zero-order chi connectivity index (χ0) is 18.4. The Morgan fingerprint density at radius 2 is 1.80 bits per heavy atom. The van der Waals surface area contributed by atoms with Gasteiger partial charge in [0, 0.05) is 6.42 Å². The molecule has 1 saturated heterocycles. The summed E-state index contributed by atoms with van der Waals surface area (Å²) in [5, 5.41) is 1.57. The molecule has 0 spiro atoms. The normalized spacial score (nSPS) is 24.2. The van der Waals surface area contributed by atoms with Gasteiger partial charge in [0.25, 0.3) is 0 Å². The number of hydrogen-bond donors (Lipinski definition) is 1. The van der Waals surface area contributed by atoms with Crippen LogP contribution in [-0.2, 0) is 4.79 Å². The molecular weight excluding hydrogens is 309 g/mol. The van der Waals surface area contributed by atoms with Gasteiger partial charge in [-0.05, 0) is 43.3 Å². The van der Waals surface area contributed by atoms with Crippen LogP contribution >= 0.6 is 0 Å². The lowest BCUT2D eigenvalue weighted by Crippen LogP contribution is -2.47. The van der Waals surface area contributed by atoms with E-state index in [1.165, 1.54) is 0 Å². The fourth-order valence-electron chi connectivity index (χ4n) is 3.23. The van der Waals surface area contributed by atoms with Crippen molar-refractivity contribution in [1.29, 1.82) is 0 Å². The van der Waals surface area contributed by atoms with Gasteiger partial charge in [-0.2, -0.15) is 0 Å². The van der Waals surface area contributed by atoms with Gasteiger partial charge in [-0.25, -0.2) is 0 Å². The standard InChI is InChI=1S/C9H12B4NO.C8H10O2/c10-9(11,12)14-4-3-5-1-2-6(15)8-7(5)13-8;1-9-7-5-3-4-6-8(7)10-2/h5,7-8,14H,1-4H2;3-6H,1-2H3. The van der Waals surface area contributed by atoms with E-state index in [0.717, 1.165) is 30.8 Å². The number of rotatable bonds is 6. The van der Waals surface area contributed by atoms with E-state index < -0.39 is 5.24 Å². The molecule has 2 aliphatic rings. The number of hydrogen-bond acceptors (Lipinski definition) is 4. The van der Waals surface area contributed by atoms with Crippen LogP contribution in [0, 0.1) is 5.92 Å². The highest BCUT2D eigenvalue weighted by Crippen LogP contribution is 2.54. The van der Waals surface area contributed by atoms with E-state index in [1.54, 1.807) is 14.2 Å². The molecule has 4 nitrogen and oxygen atoms in total. The van der Waals surface area contributed by atoms with Crippen LogP contribution < -0.4 is 14.8 Å². The third-order valence-electron chi connectivity index (χ3n) is 4.62. The quantitative estimate of drug-likeness (QED) is 0.792. The number of para-hydroxylation sites is 2. The maximum atomic E-state index is 11.3. The number of carbonyl (C=O) groups excluding carboxylic acids is 1. The van der Waals surface area contributed by atoms with Crippen molar-refractivity contribution in [2.75, 3.05) is 20.8 Å². The maximum Gasteiger partial charge on any atom is 0.160 e. The highest BCUT2D eigenvalue weighted by molar-refractivity contribution is 6.61. The molecule has 3 unspecified atom stereocenters. The van der Waals surface area contributed by atoms with Crippen molar-refractivity contribution in [2.24, 2.45) is 5.92 Å². The minimum Gasteiger partial charge on any atom is -0.493 e. The van der Waals surface area contributed by atoms with Crippen molar-refractivity contribution in [3.8, 4) is 11.5 Å². The predicted octanol–water partition coefficient (Wildman–Crippen LogP) is 1.06. The van der Waals surface area contributed by atoms with E-state index in [9.17, 15) is 4.79 Å². The van der Waals surface area contributed by atoms with Crippen LogP contribution in [0.5, 0.6) is 11.5 Å². The SMILES string of the molecule is COc1ccccc1OC.[B]C([B])([B])NCCC1CCC(=O)C2[B]C12. The molecule has 1 aliphatic carbocycles. The van der Waals surface area contributed by atoms with Gasteiger partial charge in [0.1, 0.15) is 13.1 Å². The molecule has 1 N–H and O–H groups in total. The lowest BCUT2D eigenvalue weighted by molar-refractivity contribution is -0.119. The molecule has 1 saturated carbocycles. The number of benzene rings is 1. The highest BCUT2D eigenvalue weighted by Gasteiger charge is 2.50. The van der Waals surface area contributed by atoms with Gasteiger partial charge < -0.3 is 19.6 Å². The Balaban J connectivity index is 0.000000196. The van der Waals surface area contributed by atoms with Gasteiger partial charge in [-0.15, -0.1) is 0 Å². The van der Waals surface area contributed by atoms with Crippen molar-refractivity contribution in [3.05, 3.63) is 24.3 Å². The molecule has 25 heavy (non-hydrogen) atoms. The van der Waals surface area contributed by atoms with E-state index in [1.807, 2.05) is 24.3 Å². The molecule has 0 bridgehead atoms. The summed E-state index contributed by atoms with van der Waals surface area (Å²) in [6, 6.07) is 7.53. The first-order valence-electron chi connectivity index (χ1n) is 8.52. The Morgan fingerprint density at radius 3 is 2.32 bits per heavy atom. The summed E-state index contributed by atoms with van der Waals surface area (Å²) in [4.78, 5) is 11.3. The fraction of sp³-hybridized carbons (Fsp3) is 0.588. The van der Waals surface area contributed by atoms with Crippen molar-refractivity contribution in [2.45, 2.75) is 36.1 Å². The van der Waals surface area contributed by atoms with Crippen molar-refractivity contribution >= 4 is 36.6 Å². The molecule has 0 aromatic heterocycles. The number of ether oxygens (including phenoxy) is 2. The van der Waals surface area contributed by atoms with Crippen LogP contribution in [0.4, 0.5) is 0 Å². The van der Waals surface area contributed by atoms with E-state index in [2.05, 4.69) is 12.6 Å². The first kappa shape index (κ1) is 20.0. The van der Waals surface area contributed by atoms with Crippen LogP contribution in [0.25, 0.3) is 0 Å². The second kappa shape index (κ2) is 8.88. The summed E-state index contributed by atoms with van der Waals surface area (Å²) in [5.41, 5.74) is 0. The molecular formula is C17H22B4NO3. The Bertz CT molecular complexity index is 556. The third kappa shape index (κ3) is 6.18. The molecule has 1 heterocycles. The summed E-state index contributed by atoms with van der Waals surface area (Å²) in [7, 11) is 21.6. The molecule has 125 valence electrons. The first-order chi connectivity index (χ1) is 11.9. The van der Waals surface area contributed by atoms with E-state index >= 15 is 0 Å². The smallest absolute Gasteiger partial charge is 0.160 e. The van der Waals surface area contributed by atoms with Gasteiger partial charge in [0.15, 0.2) is 11.5 Å². The number of ketones is 1. The molecule has 1 aliphatic heterocycles. The average molecular weight is 332 g/mol. The molecule has 0 amide bonds. The van der Waals surface area contributed by atoms with E-state index in [4.69, 9.17) is 33.0 Å².